The summed E-state index contributed by atoms with van der Waals surface area (Å²) in [5.41, 5.74) is 2.77. The van der Waals surface area contributed by atoms with Gasteiger partial charge in [0.1, 0.15) is 25.4 Å². The number of amides is 1. The third-order valence-electron chi connectivity index (χ3n) is 4.20. The molecule has 0 radical (unpaired) electrons. The van der Waals surface area contributed by atoms with Gasteiger partial charge in [-0.05, 0) is 43.2 Å². The second kappa shape index (κ2) is 10.2. The summed E-state index contributed by atoms with van der Waals surface area (Å²) in [6, 6.07) is 7.06. The van der Waals surface area contributed by atoms with Gasteiger partial charge in [-0.25, -0.2) is 0 Å². The van der Waals surface area contributed by atoms with Gasteiger partial charge in [0.25, 0.3) is 5.91 Å². The van der Waals surface area contributed by atoms with Gasteiger partial charge in [-0.3, -0.25) is 19.4 Å². The predicted molar refractivity (Wildman–Crippen MR) is 104 cm³/mol. The fraction of sp³-hybridized carbons (Fsp3) is 0.333. The van der Waals surface area contributed by atoms with Crippen LogP contribution in [0.2, 0.25) is 0 Å². The van der Waals surface area contributed by atoms with Crippen molar-refractivity contribution in [2.45, 2.75) is 20.5 Å². The number of pyridine rings is 1. The Morgan fingerprint density at radius 1 is 1.00 bits per heavy atom. The van der Waals surface area contributed by atoms with Crippen LogP contribution < -0.4 is 4.74 Å². The van der Waals surface area contributed by atoms with Gasteiger partial charge in [-0.1, -0.05) is 6.07 Å². The highest BCUT2D eigenvalue weighted by atomic mass is 16.5. The molecule has 0 aliphatic carbocycles. The van der Waals surface area contributed by atoms with Crippen molar-refractivity contribution in [3.63, 3.8) is 0 Å². The molecule has 0 bridgehead atoms. The number of aryl methyl sites for hydroxylation is 2. The number of benzene rings is 1. The van der Waals surface area contributed by atoms with E-state index in [-0.39, 0.29) is 13.1 Å². The first-order valence-electron chi connectivity index (χ1n) is 8.91. The van der Waals surface area contributed by atoms with Crippen LogP contribution >= 0.6 is 0 Å². The highest BCUT2D eigenvalue weighted by Gasteiger charge is 2.23. The Hall–Kier alpha value is -3.42. The molecule has 8 heteroatoms. The highest BCUT2D eigenvalue weighted by Crippen LogP contribution is 2.26. The predicted octanol–water partition coefficient (Wildman–Crippen LogP) is 2.07. The summed E-state index contributed by atoms with van der Waals surface area (Å²) < 4.78 is 15.1. The maximum Gasteiger partial charge on any atom is 0.325 e. The molecule has 0 spiro atoms. The van der Waals surface area contributed by atoms with E-state index >= 15 is 0 Å². The van der Waals surface area contributed by atoms with Crippen LogP contribution in [0.4, 0.5) is 0 Å². The van der Waals surface area contributed by atoms with Crippen LogP contribution in [0.15, 0.2) is 36.7 Å². The molecule has 2 aromatic rings. The summed E-state index contributed by atoms with van der Waals surface area (Å²) in [6.45, 7) is 3.28. The van der Waals surface area contributed by atoms with E-state index in [9.17, 15) is 14.4 Å². The topological polar surface area (TPSA) is 95.0 Å². The number of esters is 2. The number of nitrogens with zero attached hydrogens (tertiary/aromatic N) is 2. The number of aromatic nitrogens is 1. The van der Waals surface area contributed by atoms with Crippen molar-refractivity contribution in [3.8, 4) is 5.75 Å². The van der Waals surface area contributed by atoms with Crippen molar-refractivity contribution in [2.24, 2.45) is 0 Å². The number of methoxy groups -OCH3 is 2. The van der Waals surface area contributed by atoms with E-state index in [2.05, 4.69) is 14.5 Å². The van der Waals surface area contributed by atoms with Crippen molar-refractivity contribution >= 4 is 17.8 Å². The summed E-state index contributed by atoms with van der Waals surface area (Å²) in [5.74, 6) is -1.08. The van der Waals surface area contributed by atoms with Gasteiger partial charge in [0.05, 0.1) is 14.2 Å². The molecule has 1 heterocycles. The zero-order chi connectivity index (χ0) is 21.4. The third-order valence-corrected chi connectivity index (χ3v) is 4.20. The largest absolute Gasteiger partial charge is 0.488 e. The molecule has 0 unspecified atom stereocenters. The molecule has 0 saturated heterocycles. The second-order valence-corrected chi connectivity index (χ2v) is 6.40. The van der Waals surface area contributed by atoms with Crippen molar-refractivity contribution in [1.29, 1.82) is 0 Å². The summed E-state index contributed by atoms with van der Waals surface area (Å²) in [7, 11) is 2.43. The number of hydrogen-bond acceptors (Lipinski definition) is 7. The highest BCUT2D eigenvalue weighted by molar-refractivity contribution is 5.98. The Bertz CT molecular complexity index is 841. The second-order valence-electron chi connectivity index (χ2n) is 6.40. The van der Waals surface area contributed by atoms with Crippen LogP contribution in [0.3, 0.4) is 0 Å². The molecule has 8 nitrogen and oxygen atoms in total. The van der Waals surface area contributed by atoms with Crippen LogP contribution in [0.5, 0.6) is 5.75 Å². The third kappa shape index (κ3) is 6.03. The lowest BCUT2D eigenvalue weighted by molar-refractivity contribution is -0.144. The average Bonchev–Trinajstić information content (AvgIpc) is 2.72. The van der Waals surface area contributed by atoms with Gasteiger partial charge in [0.15, 0.2) is 0 Å². The van der Waals surface area contributed by atoms with Gasteiger partial charge in [-0.2, -0.15) is 0 Å². The van der Waals surface area contributed by atoms with E-state index < -0.39 is 17.8 Å². The number of hydrogen-bond donors (Lipinski definition) is 0. The average molecular weight is 400 g/mol. The minimum Gasteiger partial charge on any atom is -0.488 e. The van der Waals surface area contributed by atoms with Gasteiger partial charge in [0.2, 0.25) is 0 Å². The molecule has 154 valence electrons. The molecular formula is C21H24N2O6. The fourth-order valence-electron chi connectivity index (χ4n) is 2.76. The minimum atomic E-state index is -0.632. The maximum absolute atomic E-state index is 12.9. The lowest BCUT2D eigenvalue weighted by atomic mass is 10.0. The minimum absolute atomic E-state index is 0.335. The summed E-state index contributed by atoms with van der Waals surface area (Å²) in [4.78, 5) is 41.3. The maximum atomic E-state index is 12.9. The summed E-state index contributed by atoms with van der Waals surface area (Å²) >= 11 is 0. The van der Waals surface area contributed by atoms with Crippen molar-refractivity contribution < 1.29 is 28.6 Å². The van der Waals surface area contributed by atoms with E-state index in [1.54, 1.807) is 24.5 Å². The van der Waals surface area contributed by atoms with E-state index in [1.807, 2.05) is 26.0 Å². The zero-order valence-corrected chi connectivity index (χ0v) is 16.9. The number of carbonyl (C=O) groups is 3. The molecule has 1 aromatic carbocycles. The molecule has 29 heavy (non-hydrogen) atoms. The Labute approximate surface area is 169 Å². The van der Waals surface area contributed by atoms with Crippen LogP contribution in [-0.4, -0.2) is 55.0 Å². The van der Waals surface area contributed by atoms with Gasteiger partial charge in [0, 0.05) is 23.5 Å². The quantitative estimate of drug-likeness (QED) is 0.626. The van der Waals surface area contributed by atoms with Crippen LogP contribution in [0.1, 0.15) is 27.0 Å². The van der Waals surface area contributed by atoms with Crippen LogP contribution in [0, 0.1) is 13.8 Å². The molecule has 0 saturated carbocycles. The molecule has 0 N–H and O–H groups in total. The normalized spacial score (nSPS) is 10.2. The molecule has 0 fully saturated rings. The smallest absolute Gasteiger partial charge is 0.325 e. The first-order valence-corrected chi connectivity index (χ1v) is 8.91. The standard InChI is InChI=1S/C21H24N2O6/c1-14-8-17(21(26)23(11-18(24)27-3)12-19(25)28-4)9-15(2)20(14)29-13-16-6-5-7-22-10-16/h5-10H,11-13H2,1-4H3. The molecule has 1 aromatic heterocycles. The zero-order valence-electron chi connectivity index (χ0n) is 16.9. The number of carbonyl (C=O) groups excluding carboxylic acids is 3. The molecule has 0 aliphatic heterocycles. The first kappa shape index (κ1) is 21.9. The summed E-state index contributed by atoms with van der Waals surface area (Å²) in [6.07, 6.45) is 3.41. The van der Waals surface area contributed by atoms with Gasteiger partial charge >= 0.3 is 11.9 Å². The molecule has 0 atom stereocenters. The molecule has 1 amide bonds. The lowest BCUT2D eigenvalue weighted by Gasteiger charge is -2.21. The Balaban J connectivity index is 2.22. The molecular weight excluding hydrogens is 376 g/mol. The van der Waals surface area contributed by atoms with Crippen LogP contribution in [0.25, 0.3) is 0 Å². The van der Waals surface area contributed by atoms with Crippen LogP contribution in [-0.2, 0) is 25.7 Å². The van der Waals surface area contributed by atoms with Gasteiger partial charge in [-0.15, -0.1) is 0 Å². The van der Waals surface area contributed by atoms with Crippen molar-refractivity contribution in [1.82, 2.24) is 9.88 Å². The summed E-state index contributed by atoms with van der Waals surface area (Å²) in [5, 5.41) is 0. The monoisotopic (exact) mass is 400 g/mol. The molecule has 2 rings (SSSR count). The van der Waals surface area contributed by atoms with Crippen molar-refractivity contribution in [3.05, 3.63) is 58.9 Å². The van der Waals surface area contributed by atoms with E-state index in [1.165, 1.54) is 14.2 Å². The van der Waals surface area contributed by atoms with Gasteiger partial charge < -0.3 is 19.1 Å². The Morgan fingerprint density at radius 2 is 1.59 bits per heavy atom. The number of rotatable bonds is 8. The Kier molecular flexibility index (Phi) is 7.70. The molecule has 0 aliphatic rings. The lowest BCUT2D eigenvalue weighted by Crippen LogP contribution is -2.40. The van der Waals surface area contributed by atoms with E-state index in [0.717, 1.165) is 21.6 Å². The SMILES string of the molecule is COC(=O)CN(CC(=O)OC)C(=O)c1cc(C)c(OCc2cccnc2)c(C)c1. The Morgan fingerprint density at radius 3 is 2.07 bits per heavy atom. The first-order chi connectivity index (χ1) is 13.8. The van der Waals surface area contributed by atoms with E-state index in [0.29, 0.717) is 17.9 Å². The van der Waals surface area contributed by atoms with E-state index in [4.69, 9.17) is 4.74 Å². The van der Waals surface area contributed by atoms with Crippen molar-refractivity contribution in [2.75, 3.05) is 27.3 Å². The number of ether oxygens (including phenoxy) is 3. The fourth-order valence-corrected chi connectivity index (χ4v) is 2.76.